The zero-order valence-corrected chi connectivity index (χ0v) is 15.4. The molecule has 0 bridgehead atoms. The molecular weight excluding hydrogens is 332 g/mol. The molecule has 3 nitrogen and oxygen atoms in total. The number of fused-ring (bicyclic) bond motifs is 2. The monoisotopic (exact) mass is 356 g/mol. The molecule has 3 atom stereocenters. The Bertz CT molecular complexity index is 863. The van der Waals surface area contributed by atoms with E-state index in [2.05, 4.69) is 58.7 Å². The lowest BCUT2D eigenvalue weighted by atomic mass is 9.88. The molecule has 2 aromatic carbocycles. The predicted octanol–water partition coefficient (Wildman–Crippen LogP) is 4.54. The van der Waals surface area contributed by atoms with Crippen LogP contribution in [0.5, 0.6) is 0 Å². The number of aliphatic hydroxyl groups excluding tert-OH is 1. The molecule has 1 saturated carbocycles. The lowest BCUT2D eigenvalue weighted by Gasteiger charge is -2.19. The number of aliphatic hydroxyl groups is 1. The van der Waals surface area contributed by atoms with Crippen LogP contribution in [0.3, 0.4) is 0 Å². The lowest BCUT2D eigenvalue weighted by molar-refractivity contribution is 0.262. The highest BCUT2D eigenvalue weighted by molar-refractivity contribution is 5.71. The molecule has 3 heteroatoms. The van der Waals surface area contributed by atoms with E-state index in [1.165, 1.54) is 11.1 Å². The van der Waals surface area contributed by atoms with Gasteiger partial charge in [0.05, 0.1) is 11.4 Å². The topological polar surface area (TPSA) is 46.0 Å². The van der Waals surface area contributed by atoms with Gasteiger partial charge < -0.3 is 5.11 Å². The summed E-state index contributed by atoms with van der Waals surface area (Å²) in [6.07, 6.45) is 4.32. The Hall–Kier alpha value is -2.52. The smallest absolute Gasteiger partial charge is 0.0964 e. The Morgan fingerprint density at radius 2 is 1.15 bits per heavy atom. The summed E-state index contributed by atoms with van der Waals surface area (Å²) in [5.74, 6) is 1.86. The maximum Gasteiger partial charge on any atom is 0.0964 e. The first-order valence-electron chi connectivity index (χ1n) is 9.97. The van der Waals surface area contributed by atoms with Crippen molar-refractivity contribution in [1.82, 2.24) is 10.2 Å². The highest BCUT2D eigenvalue weighted by Gasteiger charge is 2.49. The third kappa shape index (κ3) is 2.96. The summed E-state index contributed by atoms with van der Waals surface area (Å²) in [5, 5.41) is 19.1. The summed E-state index contributed by atoms with van der Waals surface area (Å²) >= 11 is 0. The Labute approximate surface area is 160 Å². The molecule has 1 N–H and O–H groups in total. The van der Waals surface area contributed by atoms with E-state index >= 15 is 0 Å². The first kappa shape index (κ1) is 16.6. The van der Waals surface area contributed by atoms with Crippen molar-refractivity contribution in [3.63, 3.8) is 0 Å². The van der Waals surface area contributed by atoms with Gasteiger partial charge in [-0.2, -0.15) is 0 Å². The summed E-state index contributed by atoms with van der Waals surface area (Å²) < 4.78 is 0. The van der Waals surface area contributed by atoms with Crippen molar-refractivity contribution in [3.8, 4) is 22.5 Å². The van der Waals surface area contributed by atoms with E-state index in [9.17, 15) is 5.11 Å². The highest BCUT2D eigenvalue weighted by atomic mass is 16.3. The van der Waals surface area contributed by atoms with Gasteiger partial charge in [-0.3, -0.25) is 0 Å². The first-order valence-corrected chi connectivity index (χ1v) is 9.97. The maximum atomic E-state index is 9.68. The van der Waals surface area contributed by atoms with Gasteiger partial charge in [-0.25, -0.2) is 0 Å². The van der Waals surface area contributed by atoms with Crippen molar-refractivity contribution in [1.29, 1.82) is 0 Å². The Kier molecular flexibility index (Phi) is 4.25. The molecule has 2 aliphatic rings. The van der Waals surface area contributed by atoms with Gasteiger partial charge in [-0.1, -0.05) is 60.7 Å². The van der Waals surface area contributed by atoms with Crippen molar-refractivity contribution in [2.75, 3.05) is 6.61 Å². The van der Waals surface area contributed by atoms with Gasteiger partial charge in [0, 0.05) is 17.7 Å². The minimum atomic E-state index is 0.333. The SMILES string of the molecule is OCC1[C@H]2CCc3c(-c4ccccc4)nnc(-c4ccccc4)c3CC[C@@H]12. The van der Waals surface area contributed by atoms with E-state index in [1.54, 1.807) is 0 Å². The molecule has 1 unspecified atom stereocenters. The average Bonchev–Trinajstić information content (AvgIpc) is 3.40. The van der Waals surface area contributed by atoms with Crippen LogP contribution < -0.4 is 0 Å². The van der Waals surface area contributed by atoms with Crippen molar-refractivity contribution in [2.24, 2.45) is 17.8 Å². The molecule has 2 aliphatic carbocycles. The van der Waals surface area contributed by atoms with Crippen molar-refractivity contribution in [2.45, 2.75) is 25.7 Å². The molecule has 0 radical (unpaired) electrons. The van der Waals surface area contributed by atoms with E-state index in [1.807, 2.05) is 12.1 Å². The average molecular weight is 356 g/mol. The third-order valence-corrected chi connectivity index (χ3v) is 6.46. The quantitative estimate of drug-likeness (QED) is 0.749. The zero-order valence-electron chi connectivity index (χ0n) is 15.4. The van der Waals surface area contributed by atoms with Crippen LogP contribution in [-0.2, 0) is 12.8 Å². The minimum Gasteiger partial charge on any atom is -0.396 e. The van der Waals surface area contributed by atoms with Gasteiger partial charge in [-0.15, -0.1) is 10.2 Å². The summed E-state index contributed by atoms with van der Waals surface area (Å²) in [6.45, 7) is 0.333. The molecule has 0 amide bonds. The van der Waals surface area contributed by atoms with Crippen LogP contribution in [0.4, 0.5) is 0 Å². The van der Waals surface area contributed by atoms with Gasteiger partial charge in [-0.05, 0) is 54.6 Å². The second-order valence-electron chi connectivity index (χ2n) is 7.84. The summed E-state index contributed by atoms with van der Waals surface area (Å²) in [6, 6.07) is 20.9. The second kappa shape index (κ2) is 6.90. The third-order valence-electron chi connectivity index (χ3n) is 6.46. The van der Waals surface area contributed by atoms with E-state index in [0.29, 0.717) is 24.4 Å². The van der Waals surface area contributed by atoms with Crippen molar-refractivity contribution < 1.29 is 5.11 Å². The van der Waals surface area contributed by atoms with Crippen LogP contribution in [0.15, 0.2) is 60.7 Å². The summed E-state index contributed by atoms with van der Waals surface area (Å²) in [4.78, 5) is 0. The molecule has 1 heterocycles. The van der Waals surface area contributed by atoms with E-state index in [4.69, 9.17) is 0 Å². The number of hydrogen-bond acceptors (Lipinski definition) is 3. The first-order chi connectivity index (χ1) is 13.4. The van der Waals surface area contributed by atoms with Gasteiger partial charge >= 0.3 is 0 Å². The number of benzene rings is 2. The fraction of sp³-hybridized carbons (Fsp3) is 0.333. The molecule has 5 rings (SSSR count). The molecule has 0 aliphatic heterocycles. The predicted molar refractivity (Wildman–Crippen MR) is 107 cm³/mol. The van der Waals surface area contributed by atoms with Crippen LogP contribution >= 0.6 is 0 Å². The van der Waals surface area contributed by atoms with Crippen LogP contribution in [0.2, 0.25) is 0 Å². The Morgan fingerprint density at radius 1 is 0.704 bits per heavy atom. The molecule has 0 saturated heterocycles. The van der Waals surface area contributed by atoms with E-state index in [0.717, 1.165) is 48.2 Å². The zero-order chi connectivity index (χ0) is 18.2. The maximum absolute atomic E-state index is 9.68. The molecule has 0 spiro atoms. The fourth-order valence-corrected chi connectivity index (χ4v) is 4.97. The lowest BCUT2D eigenvalue weighted by Crippen LogP contribution is -2.09. The van der Waals surface area contributed by atoms with Gasteiger partial charge in [0.2, 0.25) is 0 Å². The van der Waals surface area contributed by atoms with Crippen molar-refractivity contribution >= 4 is 0 Å². The van der Waals surface area contributed by atoms with Gasteiger partial charge in [0.1, 0.15) is 0 Å². The number of hydrogen-bond donors (Lipinski definition) is 1. The molecule has 1 aromatic heterocycles. The van der Waals surface area contributed by atoms with Gasteiger partial charge in [0.25, 0.3) is 0 Å². The summed E-state index contributed by atoms with van der Waals surface area (Å²) in [7, 11) is 0. The van der Waals surface area contributed by atoms with E-state index in [-0.39, 0.29) is 0 Å². The van der Waals surface area contributed by atoms with E-state index < -0.39 is 0 Å². The minimum absolute atomic E-state index is 0.333. The van der Waals surface area contributed by atoms with Crippen LogP contribution in [-0.4, -0.2) is 21.9 Å². The molecule has 3 aromatic rings. The number of nitrogens with zero attached hydrogens (tertiary/aromatic N) is 2. The molecule has 1 fully saturated rings. The van der Waals surface area contributed by atoms with Crippen LogP contribution in [0, 0.1) is 17.8 Å². The summed E-state index contributed by atoms with van der Waals surface area (Å²) in [5.41, 5.74) is 7.07. The van der Waals surface area contributed by atoms with Crippen molar-refractivity contribution in [3.05, 3.63) is 71.8 Å². The molecular formula is C24H24N2O. The van der Waals surface area contributed by atoms with Gasteiger partial charge in [0.15, 0.2) is 0 Å². The number of rotatable bonds is 3. The normalized spacial score (nSPS) is 23.7. The fourth-order valence-electron chi connectivity index (χ4n) is 4.97. The Balaban J connectivity index is 1.64. The highest BCUT2D eigenvalue weighted by Crippen LogP contribution is 2.53. The number of aromatic nitrogens is 2. The second-order valence-corrected chi connectivity index (χ2v) is 7.84. The largest absolute Gasteiger partial charge is 0.396 e. The molecule has 136 valence electrons. The standard InChI is InChI=1S/C24H24N2O/c27-15-22-18-11-13-20-21(14-12-19(18)22)24(17-9-5-2-6-10-17)26-25-23(20)16-7-3-1-4-8-16/h1-10,18-19,22,27H,11-15H2/t18-,19+,22?. The molecule has 27 heavy (non-hydrogen) atoms. The van der Waals surface area contributed by atoms with Crippen LogP contribution in [0.1, 0.15) is 24.0 Å². The Morgan fingerprint density at radius 3 is 1.56 bits per heavy atom. The van der Waals surface area contributed by atoms with Crippen LogP contribution in [0.25, 0.3) is 22.5 Å².